The van der Waals surface area contributed by atoms with Gasteiger partial charge in [0.2, 0.25) is 0 Å². The van der Waals surface area contributed by atoms with Crippen LogP contribution in [-0.2, 0) is 7.05 Å². The first-order chi connectivity index (χ1) is 7.58. The van der Waals surface area contributed by atoms with Crippen molar-refractivity contribution in [2.24, 2.45) is 7.05 Å². The summed E-state index contributed by atoms with van der Waals surface area (Å²) in [5.74, 6) is 0. The third-order valence-electron chi connectivity index (χ3n) is 2.47. The van der Waals surface area contributed by atoms with E-state index in [0.717, 1.165) is 16.7 Å². The number of benzene rings is 1. The molecule has 0 unspecified atom stereocenters. The van der Waals surface area contributed by atoms with Crippen LogP contribution in [-0.4, -0.2) is 15.5 Å². The highest BCUT2D eigenvalue weighted by Gasteiger charge is 2.09. The van der Waals surface area contributed by atoms with E-state index in [0.29, 0.717) is 11.4 Å². The van der Waals surface area contributed by atoms with Gasteiger partial charge >= 0.3 is 0 Å². The van der Waals surface area contributed by atoms with Crippen LogP contribution >= 0.6 is 0 Å². The number of hydrogen-bond acceptors (Lipinski definition) is 3. The molecule has 0 saturated carbocycles. The van der Waals surface area contributed by atoms with Gasteiger partial charge in [-0.2, -0.15) is 5.10 Å². The molecule has 1 aromatic heterocycles. The maximum atomic E-state index is 8.06. The first-order valence-electron chi connectivity index (χ1n) is 5.02. The molecule has 0 aliphatic rings. The number of nitrogens with one attached hydrogen (secondary N) is 1. The highest BCUT2D eigenvalue weighted by molar-refractivity contribution is 6.13. The van der Waals surface area contributed by atoms with Gasteiger partial charge in [-0.3, -0.25) is 10.1 Å². The summed E-state index contributed by atoms with van der Waals surface area (Å²) in [7, 11) is 1.83. The SMILES string of the molecule is Cc1ccc(C(=N)c2cnn(C)c2)c(N)c1. The quantitative estimate of drug-likeness (QED) is 0.590. The Hall–Kier alpha value is -2.10. The van der Waals surface area contributed by atoms with Crippen molar-refractivity contribution in [3.63, 3.8) is 0 Å². The largest absolute Gasteiger partial charge is 0.398 e. The lowest BCUT2D eigenvalue weighted by Gasteiger charge is -2.06. The van der Waals surface area contributed by atoms with Gasteiger partial charge in [0.1, 0.15) is 0 Å². The Bertz CT molecular complexity index is 540. The fourth-order valence-corrected chi connectivity index (χ4v) is 1.62. The van der Waals surface area contributed by atoms with Crippen molar-refractivity contribution in [3.05, 3.63) is 47.3 Å². The van der Waals surface area contributed by atoms with Crippen LogP contribution in [0.4, 0.5) is 5.69 Å². The summed E-state index contributed by atoms with van der Waals surface area (Å²) in [5.41, 5.74) is 9.56. The van der Waals surface area contributed by atoms with Crippen LogP contribution < -0.4 is 5.73 Å². The molecule has 2 aromatic rings. The Kier molecular flexibility index (Phi) is 2.48. The Morgan fingerprint density at radius 3 is 2.75 bits per heavy atom. The zero-order chi connectivity index (χ0) is 11.7. The van der Waals surface area contributed by atoms with Crippen LogP contribution in [0.25, 0.3) is 0 Å². The second-order valence-corrected chi connectivity index (χ2v) is 3.87. The van der Waals surface area contributed by atoms with Gasteiger partial charge in [-0.05, 0) is 18.6 Å². The van der Waals surface area contributed by atoms with Crippen LogP contribution in [0.1, 0.15) is 16.7 Å². The average Bonchev–Trinajstić information content (AvgIpc) is 2.64. The van der Waals surface area contributed by atoms with Crippen LogP contribution in [0.3, 0.4) is 0 Å². The van der Waals surface area contributed by atoms with Gasteiger partial charge in [-0.25, -0.2) is 0 Å². The lowest BCUT2D eigenvalue weighted by molar-refractivity contribution is 0.767. The molecule has 0 atom stereocenters. The molecule has 0 aliphatic carbocycles. The summed E-state index contributed by atoms with van der Waals surface area (Å²) < 4.78 is 1.67. The molecule has 4 nitrogen and oxygen atoms in total. The van der Waals surface area contributed by atoms with Gasteiger partial charge < -0.3 is 5.73 Å². The molecule has 0 bridgehead atoms. The maximum absolute atomic E-state index is 8.06. The molecule has 3 N–H and O–H groups in total. The van der Waals surface area contributed by atoms with Crippen molar-refractivity contribution < 1.29 is 0 Å². The van der Waals surface area contributed by atoms with Crippen molar-refractivity contribution in [1.29, 1.82) is 5.41 Å². The number of aromatic nitrogens is 2. The van der Waals surface area contributed by atoms with Gasteiger partial charge in [0, 0.05) is 30.1 Å². The van der Waals surface area contributed by atoms with E-state index >= 15 is 0 Å². The molecule has 4 heteroatoms. The summed E-state index contributed by atoms with van der Waals surface area (Å²) in [6, 6.07) is 5.71. The molecule has 2 rings (SSSR count). The zero-order valence-corrected chi connectivity index (χ0v) is 9.36. The zero-order valence-electron chi connectivity index (χ0n) is 9.36. The summed E-state index contributed by atoms with van der Waals surface area (Å²) >= 11 is 0. The number of nitrogens with zero attached hydrogens (tertiary/aromatic N) is 2. The van der Waals surface area contributed by atoms with Gasteiger partial charge in [-0.1, -0.05) is 12.1 Å². The third kappa shape index (κ3) is 1.82. The fraction of sp³-hybridized carbons (Fsp3) is 0.167. The smallest absolute Gasteiger partial charge is 0.0736 e. The minimum absolute atomic E-state index is 0.408. The number of hydrogen-bond donors (Lipinski definition) is 2. The molecule has 0 amide bonds. The van der Waals surface area contributed by atoms with Crippen molar-refractivity contribution in [2.45, 2.75) is 6.92 Å². The Labute approximate surface area is 94.2 Å². The van der Waals surface area contributed by atoms with Crippen LogP contribution in [0, 0.1) is 12.3 Å². The summed E-state index contributed by atoms with van der Waals surface area (Å²) in [6.45, 7) is 1.98. The highest BCUT2D eigenvalue weighted by Crippen LogP contribution is 2.17. The maximum Gasteiger partial charge on any atom is 0.0736 e. The number of rotatable bonds is 2. The van der Waals surface area contributed by atoms with Crippen molar-refractivity contribution >= 4 is 11.4 Å². The highest BCUT2D eigenvalue weighted by atomic mass is 15.2. The van der Waals surface area contributed by atoms with Gasteiger partial charge in [0.05, 0.1) is 11.9 Å². The van der Waals surface area contributed by atoms with E-state index in [1.807, 2.05) is 38.4 Å². The number of anilines is 1. The van der Waals surface area contributed by atoms with E-state index in [9.17, 15) is 0 Å². The molecule has 82 valence electrons. The predicted molar refractivity (Wildman–Crippen MR) is 64.7 cm³/mol. The molecule has 1 heterocycles. The Morgan fingerprint density at radius 1 is 1.44 bits per heavy atom. The number of aryl methyl sites for hydroxylation is 2. The van der Waals surface area contributed by atoms with Crippen molar-refractivity contribution in [3.8, 4) is 0 Å². The van der Waals surface area contributed by atoms with Crippen molar-refractivity contribution in [1.82, 2.24) is 9.78 Å². The monoisotopic (exact) mass is 214 g/mol. The summed E-state index contributed by atoms with van der Waals surface area (Å²) in [4.78, 5) is 0. The van der Waals surface area contributed by atoms with E-state index in [2.05, 4.69) is 5.10 Å². The third-order valence-corrected chi connectivity index (χ3v) is 2.47. The Morgan fingerprint density at radius 2 is 2.19 bits per heavy atom. The number of nitrogens with two attached hydrogens (primary N) is 1. The fourth-order valence-electron chi connectivity index (χ4n) is 1.62. The van der Waals surface area contributed by atoms with E-state index in [1.54, 1.807) is 10.9 Å². The lowest BCUT2D eigenvalue weighted by Crippen LogP contribution is -2.04. The van der Waals surface area contributed by atoms with E-state index in [1.165, 1.54) is 0 Å². The molecule has 0 radical (unpaired) electrons. The molecule has 0 aliphatic heterocycles. The van der Waals surface area contributed by atoms with E-state index in [4.69, 9.17) is 11.1 Å². The minimum Gasteiger partial charge on any atom is -0.398 e. The molecule has 16 heavy (non-hydrogen) atoms. The molecule has 0 fully saturated rings. The predicted octanol–water partition coefficient (Wildman–Crippen LogP) is 1.73. The topological polar surface area (TPSA) is 67.7 Å². The lowest BCUT2D eigenvalue weighted by atomic mass is 10.0. The van der Waals surface area contributed by atoms with Gasteiger partial charge in [0.15, 0.2) is 0 Å². The molecular weight excluding hydrogens is 200 g/mol. The molecular formula is C12H14N4. The first kappa shape index (κ1) is 10.4. The summed E-state index contributed by atoms with van der Waals surface area (Å²) in [6.07, 6.45) is 3.48. The second kappa shape index (κ2) is 3.81. The van der Waals surface area contributed by atoms with Crippen LogP contribution in [0.5, 0.6) is 0 Å². The van der Waals surface area contributed by atoms with Gasteiger partial charge in [-0.15, -0.1) is 0 Å². The van der Waals surface area contributed by atoms with E-state index < -0.39 is 0 Å². The second-order valence-electron chi connectivity index (χ2n) is 3.87. The van der Waals surface area contributed by atoms with Crippen LogP contribution in [0.2, 0.25) is 0 Å². The molecule has 1 aromatic carbocycles. The van der Waals surface area contributed by atoms with E-state index in [-0.39, 0.29) is 0 Å². The first-order valence-corrected chi connectivity index (χ1v) is 5.02. The molecule has 0 saturated heterocycles. The normalized spacial score (nSPS) is 10.4. The Balaban J connectivity index is 2.41. The standard InChI is InChI=1S/C12H14N4/c1-8-3-4-10(11(13)5-8)12(14)9-6-15-16(2)7-9/h3-7,14H,13H2,1-2H3. The van der Waals surface area contributed by atoms with Crippen LogP contribution in [0.15, 0.2) is 30.6 Å². The average molecular weight is 214 g/mol. The number of nitrogen functional groups attached to an aromatic ring is 1. The molecule has 0 spiro atoms. The van der Waals surface area contributed by atoms with Crippen molar-refractivity contribution in [2.75, 3.05) is 5.73 Å². The van der Waals surface area contributed by atoms with Gasteiger partial charge in [0.25, 0.3) is 0 Å². The summed E-state index contributed by atoms with van der Waals surface area (Å²) in [5, 5.41) is 12.1. The minimum atomic E-state index is 0.408.